The van der Waals surface area contributed by atoms with E-state index in [1.165, 1.54) is 0 Å². The van der Waals surface area contributed by atoms with E-state index in [2.05, 4.69) is 20.0 Å². The molecule has 0 spiro atoms. The van der Waals surface area contributed by atoms with Crippen LogP contribution in [0.3, 0.4) is 0 Å². The Kier molecular flexibility index (Phi) is 4.12. The Labute approximate surface area is 147 Å². The summed E-state index contributed by atoms with van der Waals surface area (Å²) in [7, 11) is 1.83. The molecule has 0 bridgehead atoms. The number of urea groups is 1. The molecule has 132 valence electrons. The van der Waals surface area contributed by atoms with Gasteiger partial charge in [0.2, 0.25) is 0 Å². The van der Waals surface area contributed by atoms with Crippen LogP contribution in [-0.2, 0) is 6.54 Å². The maximum absolute atomic E-state index is 12.1. The third-order valence-corrected chi connectivity index (χ3v) is 4.96. The summed E-state index contributed by atoms with van der Waals surface area (Å²) in [6.07, 6.45) is 6.67. The average molecular weight is 341 g/mol. The molecule has 0 aromatic carbocycles. The number of hydrogen-bond donors (Lipinski definition) is 0. The Morgan fingerprint density at radius 1 is 1.28 bits per heavy atom. The highest BCUT2D eigenvalue weighted by atomic mass is 16.2. The van der Waals surface area contributed by atoms with Crippen LogP contribution in [0.2, 0.25) is 0 Å². The van der Waals surface area contributed by atoms with Crippen molar-refractivity contribution in [3.05, 3.63) is 36.2 Å². The second kappa shape index (κ2) is 6.44. The number of rotatable bonds is 4. The predicted molar refractivity (Wildman–Crippen MR) is 93.3 cm³/mol. The van der Waals surface area contributed by atoms with Crippen molar-refractivity contribution in [3.8, 4) is 0 Å². The van der Waals surface area contributed by atoms with Crippen LogP contribution in [0.25, 0.3) is 0 Å². The lowest BCUT2D eigenvalue weighted by Crippen LogP contribution is -2.28. The van der Waals surface area contributed by atoms with Crippen LogP contribution >= 0.6 is 0 Å². The zero-order valence-corrected chi connectivity index (χ0v) is 14.7. The molecule has 0 aliphatic carbocycles. The zero-order chi connectivity index (χ0) is 17.4. The zero-order valence-electron chi connectivity index (χ0n) is 14.7. The fraction of sp³-hybridized carbons (Fsp3) is 0.529. The second-order valence-electron chi connectivity index (χ2n) is 6.81. The maximum Gasteiger partial charge on any atom is 0.324 e. The molecular formula is C17H23N7O. The summed E-state index contributed by atoms with van der Waals surface area (Å²) in [5.74, 6) is 0.810. The van der Waals surface area contributed by atoms with Gasteiger partial charge >= 0.3 is 6.03 Å². The molecule has 1 unspecified atom stereocenters. The van der Waals surface area contributed by atoms with Gasteiger partial charge in [-0.15, -0.1) is 0 Å². The molecule has 2 aromatic heterocycles. The van der Waals surface area contributed by atoms with Crippen molar-refractivity contribution < 1.29 is 4.79 Å². The molecule has 2 aliphatic rings. The molecule has 1 atom stereocenters. The summed E-state index contributed by atoms with van der Waals surface area (Å²) in [6.45, 7) is 6.21. The fourth-order valence-electron chi connectivity index (χ4n) is 3.55. The standard InChI is InChI=1S/C17H23N7O/c1-13-18-5-3-14(20-13)10-22-6-4-15(11-22)24-12-16(9-19-24)23-8-7-21(2)17(23)25/h3,5,9,12,15H,4,6-8,10-11H2,1-2H3. The number of likely N-dealkylation sites (tertiary alicyclic amines) is 1. The molecular weight excluding hydrogens is 318 g/mol. The number of carbonyl (C=O) groups excluding carboxylic acids is 1. The van der Waals surface area contributed by atoms with Crippen LogP contribution in [0.5, 0.6) is 0 Å². The van der Waals surface area contributed by atoms with Gasteiger partial charge in [0.25, 0.3) is 0 Å². The minimum Gasteiger partial charge on any atom is -0.326 e. The van der Waals surface area contributed by atoms with E-state index >= 15 is 0 Å². The number of aryl methyl sites for hydroxylation is 1. The third-order valence-electron chi connectivity index (χ3n) is 4.96. The molecule has 2 amide bonds. The summed E-state index contributed by atoms with van der Waals surface area (Å²) in [6, 6.07) is 2.36. The summed E-state index contributed by atoms with van der Waals surface area (Å²) in [5, 5.41) is 4.51. The first kappa shape index (κ1) is 16.0. The minimum absolute atomic E-state index is 0.0479. The monoisotopic (exact) mass is 341 g/mol. The quantitative estimate of drug-likeness (QED) is 0.838. The Bertz CT molecular complexity index is 774. The smallest absolute Gasteiger partial charge is 0.324 e. The topological polar surface area (TPSA) is 70.4 Å². The summed E-state index contributed by atoms with van der Waals surface area (Å²) >= 11 is 0. The Balaban J connectivity index is 1.40. The van der Waals surface area contributed by atoms with Gasteiger partial charge in [0.05, 0.1) is 23.6 Å². The van der Waals surface area contributed by atoms with Crippen molar-refractivity contribution in [1.29, 1.82) is 0 Å². The van der Waals surface area contributed by atoms with Gasteiger partial charge in [-0.25, -0.2) is 14.8 Å². The molecule has 2 saturated heterocycles. The number of carbonyl (C=O) groups is 1. The first-order chi connectivity index (χ1) is 12.1. The van der Waals surface area contributed by atoms with Gasteiger partial charge in [0.1, 0.15) is 5.82 Å². The first-order valence-corrected chi connectivity index (χ1v) is 8.68. The Hall–Kier alpha value is -2.48. The molecule has 2 aliphatic heterocycles. The number of amides is 2. The summed E-state index contributed by atoms with van der Waals surface area (Å²) in [4.78, 5) is 26.7. The van der Waals surface area contributed by atoms with Gasteiger partial charge in [-0.3, -0.25) is 14.5 Å². The summed E-state index contributed by atoms with van der Waals surface area (Å²) < 4.78 is 2.01. The van der Waals surface area contributed by atoms with E-state index in [1.807, 2.05) is 37.1 Å². The predicted octanol–water partition coefficient (Wildman–Crippen LogP) is 1.30. The van der Waals surface area contributed by atoms with Gasteiger partial charge in [-0.1, -0.05) is 0 Å². The number of likely N-dealkylation sites (N-methyl/N-ethyl adjacent to an activating group) is 1. The second-order valence-corrected chi connectivity index (χ2v) is 6.81. The van der Waals surface area contributed by atoms with E-state index in [0.29, 0.717) is 6.04 Å². The van der Waals surface area contributed by atoms with E-state index in [9.17, 15) is 4.79 Å². The van der Waals surface area contributed by atoms with Crippen LogP contribution in [0.4, 0.5) is 10.5 Å². The van der Waals surface area contributed by atoms with Crippen molar-refractivity contribution in [2.75, 3.05) is 38.1 Å². The highest BCUT2D eigenvalue weighted by Gasteiger charge is 2.29. The maximum atomic E-state index is 12.1. The third kappa shape index (κ3) is 3.21. The minimum atomic E-state index is 0.0479. The first-order valence-electron chi connectivity index (χ1n) is 8.68. The highest BCUT2D eigenvalue weighted by molar-refractivity contribution is 5.93. The molecule has 0 saturated carbocycles. The fourth-order valence-corrected chi connectivity index (χ4v) is 3.55. The van der Waals surface area contributed by atoms with Crippen molar-refractivity contribution in [1.82, 2.24) is 29.5 Å². The lowest BCUT2D eigenvalue weighted by Gasteiger charge is -2.16. The van der Waals surface area contributed by atoms with Crippen LogP contribution in [0.15, 0.2) is 24.7 Å². The van der Waals surface area contributed by atoms with E-state index in [4.69, 9.17) is 0 Å². The number of hydrogen-bond acceptors (Lipinski definition) is 5. The van der Waals surface area contributed by atoms with E-state index in [0.717, 1.165) is 56.4 Å². The lowest BCUT2D eigenvalue weighted by molar-refractivity contribution is 0.229. The number of anilines is 1. The van der Waals surface area contributed by atoms with Crippen LogP contribution in [0, 0.1) is 6.92 Å². The van der Waals surface area contributed by atoms with Gasteiger partial charge < -0.3 is 4.90 Å². The van der Waals surface area contributed by atoms with E-state index < -0.39 is 0 Å². The molecule has 0 radical (unpaired) electrons. The number of aromatic nitrogens is 4. The normalized spacial score (nSPS) is 21.5. The summed E-state index contributed by atoms with van der Waals surface area (Å²) in [5.41, 5.74) is 1.94. The van der Waals surface area contributed by atoms with Crippen molar-refractivity contribution in [3.63, 3.8) is 0 Å². The van der Waals surface area contributed by atoms with Gasteiger partial charge in [-0.2, -0.15) is 5.10 Å². The molecule has 0 N–H and O–H groups in total. The Morgan fingerprint density at radius 2 is 2.16 bits per heavy atom. The average Bonchev–Trinajstić information content (AvgIpc) is 3.29. The molecule has 4 rings (SSSR count). The Morgan fingerprint density at radius 3 is 2.92 bits per heavy atom. The van der Waals surface area contributed by atoms with Crippen LogP contribution in [0.1, 0.15) is 24.0 Å². The largest absolute Gasteiger partial charge is 0.326 e. The molecule has 2 aromatic rings. The van der Waals surface area contributed by atoms with Gasteiger partial charge in [-0.05, 0) is 19.4 Å². The van der Waals surface area contributed by atoms with E-state index in [1.54, 1.807) is 16.0 Å². The molecule has 25 heavy (non-hydrogen) atoms. The SMILES string of the molecule is Cc1nccc(CN2CCC(n3cc(N4CCN(C)C4=O)cn3)C2)n1. The highest BCUT2D eigenvalue weighted by Crippen LogP contribution is 2.25. The lowest BCUT2D eigenvalue weighted by atomic mass is 10.3. The van der Waals surface area contributed by atoms with Crippen LogP contribution in [-0.4, -0.2) is 68.8 Å². The van der Waals surface area contributed by atoms with Gasteiger partial charge in [0.15, 0.2) is 0 Å². The molecule has 4 heterocycles. The van der Waals surface area contributed by atoms with Crippen molar-refractivity contribution in [2.45, 2.75) is 25.9 Å². The molecule has 8 nitrogen and oxygen atoms in total. The molecule has 8 heteroatoms. The van der Waals surface area contributed by atoms with Crippen LogP contribution < -0.4 is 4.90 Å². The molecule has 2 fully saturated rings. The van der Waals surface area contributed by atoms with E-state index in [-0.39, 0.29) is 6.03 Å². The van der Waals surface area contributed by atoms with Gasteiger partial charge in [0, 0.05) is 52.2 Å². The number of nitrogens with zero attached hydrogens (tertiary/aromatic N) is 7. The van der Waals surface area contributed by atoms with Crippen molar-refractivity contribution >= 4 is 11.7 Å². The van der Waals surface area contributed by atoms with Crippen molar-refractivity contribution in [2.24, 2.45) is 0 Å².